The largest absolute Gasteiger partial charge is 0.295 e. The Kier molecular flexibility index (Phi) is 3.93. The molecule has 1 aromatic rings. The zero-order valence-corrected chi connectivity index (χ0v) is 14.2. The molecule has 122 valence electrons. The van der Waals surface area contributed by atoms with Crippen LogP contribution in [-0.2, 0) is 0 Å². The van der Waals surface area contributed by atoms with Crippen LogP contribution in [0.3, 0.4) is 0 Å². The molecule has 5 rings (SSSR count). The molecule has 4 saturated carbocycles. The van der Waals surface area contributed by atoms with E-state index in [2.05, 4.69) is 42.6 Å². The monoisotopic (exact) mass is 308 g/mol. The number of rotatable bonds is 5. The Morgan fingerprint density at radius 3 is 2.17 bits per heavy atom. The van der Waals surface area contributed by atoms with Crippen molar-refractivity contribution < 1.29 is 0 Å². The van der Waals surface area contributed by atoms with Crippen LogP contribution < -0.4 is 5.32 Å². The lowest BCUT2D eigenvalue weighted by atomic mass is 9.48. The molecule has 0 aromatic heterocycles. The van der Waals surface area contributed by atoms with Crippen molar-refractivity contribution in [1.29, 1.82) is 5.26 Å². The van der Waals surface area contributed by atoms with Crippen molar-refractivity contribution in [3.05, 3.63) is 35.9 Å². The normalized spacial score (nSPS) is 37.3. The standard InChI is InChI=1S/C21H28N2/c1-15(19-5-3-2-4-6-19)23-20(14-22)13-21-10-16-7-17(11-21)9-18(8-16)12-21/h2-6,15-18,20,23H,7-13H2,1H3/t15-,16?,17?,18?,20+,21?/m1/s1. The highest BCUT2D eigenvalue weighted by Crippen LogP contribution is 2.61. The summed E-state index contributed by atoms with van der Waals surface area (Å²) in [5.74, 6) is 2.89. The SMILES string of the molecule is C[C@@H](N[C@H](C#N)CC12CC3CC(CC(C3)C1)C2)c1ccccc1. The van der Waals surface area contributed by atoms with Gasteiger partial charge < -0.3 is 0 Å². The Labute approximate surface area is 140 Å². The van der Waals surface area contributed by atoms with Crippen molar-refractivity contribution in [3.8, 4) is 6.07 Å². The lowest BCUT2D eigenvalue weighted by Crippen LogP contribution is -2.48. The minimum Gasteiger partial charge on any atom is -0.295 e. The van der Waals surface area contributed by atoms with Crippen molar-refractivity contribution >= 4 is 0 Å². The summed E-state index contributed by atoms with van der Waals surface area (Å²) < 4.78 is 0. The molecule has 4 aliphatic rings. The molecule has 2 atom stereocenters. The van der Waals surface area contributed by atoms with E-state index < -0.39 is 0 Å². The van der Waals surface area contributed by atoms with E-state index in [1.807, 2.05) is 6.07 Å². The molecule has 0 radical (unpaired) electrons. The van der Waals surface area contributed by atoms with Crippen LogP contribution in [0.4, 0.5) is 0 Å². The third-order valence-corrected chi connectivity index (χ3v) is 6.71. The molecule has 2 heteroatoms. The van der Waals surface area contributed by atoms with E-state index in [1.165, 1.54) is 44.1 Å². The number of nitrogens with one attached hydrogen (secondary N) is 1. The number of nitrogens with zero attached hydrogens (tertiary/aromatic N) is 1. The highest BCUT2D eigenvalue weighted by atomic mass is 14.9. The lowest BCUT2D eigenvalue weighted by Gasteiger charge is -2.57. The summed E-state index contributed by atoms with van der Waals surface area (Å²) in [6.45, 7) is 2.18. The molecule has 23 heavy (non-hydrogen) atoms. The summed E-state index contributed by atoms with van der Waals surface area (Å²) in [5, 5.41) is 13.3. The maximum Gasteiger partial charge on any atom is 0.0962 e. The second-order valence-corrected chi connectivity index (χ2v) is 8.60. The summed E-state index contributed by atoms with van der Waals surface area (Å²) in [7, 11) is 0. The van der Waals surface area contributed by atoms with E-state index in [4.69, 9.17) is 0 Å². The number of hydrogen-bond donors (Lipinski definition) is 1. The van der Waals surface area contributed by atoms with Crippen LogP contribution in [0.25, 0.3) is 0 Å². The van der Waals surface area contributed by atoms with Crippen LogP contribution >= 0.6 is 0 Å². The third-order valence-electron chi connectivity index (χ3n) is 6.71. The van der Waals surface area contributed by atoms with Gasteiger partial charge in [0.15, 0.2) is 0 Å². The Balaban J connectivity index is 1.44. The van der Waals surface area contributed by atoms with Crippen LogP contribution in [0.1, 0.15) is 63.5 Å². The van der Waals surface area contributed by atoms with E-state index in [-0.39, 0.29) is 12.1 Å². The van der Waals surface area contributed by atoms with Crippen LogP contribution in [0, 0.1) is 34.5 Å². The third kappa shape index (κ3) is 3.04. The van der Waals surface area contributed by atoms with Crippen molar-refractivity contribution in [3.63, 3.8) is 0 Å². The summed E-state index contributed by atoms with van der Waals surface area (Å²) in [6.07, 6.45) is 9.65. The molecule has 2 nitrogen and oxygen atoms in total. The minimum absolute atomic E-state index is 0.0125. The van der Waals surface area contributed by atoms with Gasteiger partial charge in [-0.15, -0.1) is 0 Å². The molecular weight excluding hydrogens is 280 g/mol. The van der Waals surface area contributed by atoms with E-state index in [0.717, 1.165) is 24.2 Å². The molecule has 0 amide bonds. The van der Waals surface area contributed by atoms with Crippen molar-refractivity contribution in [2.75, 3.05) is 0 Å². The molecule has 1 N–H and O–H groups in total. The van der Waals surface area contributed by atoms with Gasteiger partial charge >= 0.3 is 0 Å². The second-order valence-electron chi connectivity index (χ2n) is 8.60. The Morgan fingerprint density at radius 1 is 1.09 bits per heavy atom. The van der Waals surface area contributed by atoms with Gasteiger partial charge in [-0.05, 0) is 80.6 Å². The average molecular weight is 308 g/mol. The number of hydrogen-bond acceptors (Lipinski definition) is 2. The van der Waals surface area contributed by atoms with Gasteiger partial charge in [0.05, 0.1) is 12.1 Å². The highest BCUT2D eigenvalue weighted by molar-refractivity contribution is 5.19. The fourth-order valence-electron chi connectivity index (χ4n) is 6.25. The molecule has 4 fully saturated rings. The minimum atomic E-state index is -0.0125. The fraction of sp³-hybridized carbons (Fsp3) is 0.667. The molecular formula is C21H28N2. The summed E-state index contributed by atoms with van der Waals surface area (Å²) >= 11 is 0. The maximum atomic E-state index is 9.71. The van der Waals surface area contributed by atoms with Gasteiger partial charge in [0.25, 0.3) is 0 Å². The van der Waals surface area contributed by atoms with Gasteiger partial charge in [0, 0.05) is 6.04 Å². The van der Waals surface area contributed by atoms with Gasteiger partial charge in [-0.2, -0.15) is 5.26 Å². The molecule has 4 bridgehead atoms. The van der Waals surface area contributed by atoms with Gasteiger partial charge in [-0.25, -0.2) is 0 Å². The first-order valence-electron chi connectivity index (χ1n) is 9.36. The summed E-state index contributed by atoms with van der Waals surface area (Å²) in [6, 6.07) is 13.3. The smallest absolute Gasteiger partial charge is 0.0962 e. The predicted molar refractivity (Wildman–Crippen MR) is 92.6 cm³/mol. The van der Waals surface area contributed by atoms with Crippen molar-refractivity contribution in [1.82, 2.24) is 5.32 Å². The molecule has 0 unspecified atom stereocenters. The van der Waals surface area contributed by atoms with Crippen LogP contribution in [0.15, 0.2) is 30.3 Å². The predicted octanol–water partition coefficient (Wildman–Crippen LogP) is 4.84. The molecule has 1 aromatic carbocycles. The van der Waals surface area contributed by atoms with Crippen LogP contribution in [-0.4, -0.2) is 6.04 Å². The first kappa shape index (κ1) is 15.2. The Bertz CT molecular complexity index is 550. The van der Waals surface area contributed by atoms with Crippen LogP contribution in [0.2, 0.25) is 0 Å². The van der Waals surface area contributed by atoms with Crippen molar-refractivity contribution in [2.24, 2.45) is 23.2 Å². The van der Waals surface area contributed by atoms with Crippen molar-refractivity contribution in [2.45, 2.75) is 64.0 Å². The molecule has 0 spiro atoms. The lowest BCUT2D eigenvalue weighted by molar-refractivity contribution is -0.0599. The van der Waals surface area contributed by atoms with Gasteiger partial charge in [-0.3, -0.25) is 5.32 Å². The number of nitriles is 1. The quantitative estimate of drug-likeness (QED) is 0.845. The van der Waals surface area contributed by atoms with E-state index in [9.17, 15) is 5.26 Å². The van der Waals surface area contributed by atoms with Gasteiger partial charge in [0.2, 0.25) is 0 Å². The molecule has 4 aliphatic carbocycles. The first-order valence-corrected chi connectivity index (χ1v) is 9.36. The zero-order valence-electron chi connectivity index (χ0n) is 14.2. The molecule has 0 aliphatic heterocycles. The van der Waals surface area contributed by atoms with E-state index in [0.29, 0.717) is 5.41 Å². The summed E-state index contributed by atoms with van der Waals surface area (Å²) in [4.78, 5) is 0. The second kappa shape index (κ2) is 5.95. The number of benzene rings is 1. The first-order chi connectivity index (χ1) is 11.2. The maximum absolute atomic E-state index is 9.71. The molecule has 0 heterocycles. The van der Waals surface area contributed by atoms with E-state index >= 15 is 0 Å². The highest BCUT2D eigenvalue weighted by Gasteiger charge is 2.51. The van der Waals surface area contributed by atoms with Gasteiger partial charge in [-0.1, -0.05) is 30.3 Å². The Hall–Kier alpha value is -1.33. The zero-order chi connectivity index (χ0) is 15.9. The topological polar surface area (TPSA) is 35.8 Å². The molecule has 0 saturated heterocycles. The fourth-order valence-corrected chi connectivity index (χ4v) is 6.25. The average Bonchev–Trinajstić information content (AvgIpc) is 2.53. The Morgan fingerprint density at radius 2 is 1.65 bits per heavy atom. The summed E-state index contributed by atoms with van der Waals surface area (Å²) in [5.41, 5.74) is 1.75. The van der Waals surface area contributed by atoms with E-state index in [1.54, 1.807) is 0 Å². The van der Waals surface area contributed by atoms with Crippen LogP contribution in [0.5, 0.6) is 0 Å². The van der Waals surface area contributed by atoms with Gasteiger partial charge in [0.1, 0.15) is 0 Å².